The molecule has 0 spiro atoms. The number of nitrogens with zero attached hydrogens (tertiary/aromatic N) is 3. The highest BCUT2D eigenvalue weighted by molar-refractivity contribution is 5.03. The van der Waals surface area contributed by atoms with Crippen LogP contribution >= 0.6 is 0 Å². The SMILES string of the molecule is CN1CCC(Cn2cnc(=O)c(CN)c2)C1. The molecule has 1 unspecified atom stereocenters. The van der Waals surface area contributed by atoms with Crippen LogP contribution in [-0.4, -0.2) is 34.6 Å². The first-order valence-electron chi connectivity index (χ1n) is 5.62. The first-order valence-corrected chi connectivity index (χ1v) is 5.62. The molecular weight excluding hydrogens is 204 g/mol. The fourth-order valence-electron chi connectivity index (χ4n) is 2.21. The molecule has 5 heteroatoms. The minimum absolute atomic E-state index is 0.206. The Bertz CT molecular complexity index is 415. The number of aromatic nitrogens is 2. The number of nitrogens with two attached hydrogens (primary N) is 1. The van der Waals surface area contributed by atoms with Gasteiger partial charge in [-0.15, -0.1) is 0 Å². The number of rotatable bonds is 3. The molecule has 0 saturated carbocycles. The van der Waals surface area contributed by atoms with Crippen molar-refractivity contribution in [2.24, 2.45) is 11.7 Å². The van der Waals surface area contributed by atoms with E-state index in [1.165, 1.54) is 6.42 Å². The Hall–Kier alpha value is -1.20. The zero-order valence-electron chi connectivity index (χ0n) is 9.59. The van der Waals surface area contributed by atoms with E-state index in [9.17, 15) is 4.79 Å². The van der Waals surface area contributed by atoms with E-state index in [0.29, 0.717) is 11.5 Å². The molecule has 16 heavy (non-hydrogen) atoms. The normalized spacial score (nSPS) is 21.5. The molecule has 1 atom stereocenters. The monoisotopic (exact) mass is 222 g/mol. The maximum Gasteiger partial charge on any atom is 0.277 e. The summed E-state index contributed by atoms with van der Waals surface area (Å²) in [5.41, 5.74) is 5.87. The summed E-state index contributed by atoms with van der Waals surface area (Å²) in [5, 5.41) is 0. The average Bonchev–Trinajstić information content (AvgIpc) is 2.67. The molecule has 0 aliphatic carbocycles. The zero-order chi connectivity index (χ0) is 11.5. The lowest BCUT2D eigenvalue weighted by atomic mass is 10.1. The van der Waals surface area contributed by atoms with Gasteiger partial charge < -0.3 is 15.2 Å². The van der Waals surface area contributed by atoms with Gasteiger partial charge in [0.15, 0.2) is 0 Å². The lowest BCUT2D eigenvalue weighted by molar-refractivity contribution is 0.376. The molecule has 1 aliphatic rings. The first kappa shape index (κ1) is 11.3. The molecular formula is C11H18N4O. The van der Waals surface area contributed by atoms with Gasteiger partial charge in [0.1, 0.15) is 0 Å². The van der Waals surface area contributed by atoms with Crippen LogP contribution in [0.3, 0.4) is 0 Å². The minimum atomic E-state index is -0.206. The highest BCUT2D eigenvalue weighted by Crippen LogP contribution is 2.15. The molecule has 0 aromatic carbocycles. The number of hydrogen-bond acceptors (Lipinski definition) is 4. The van der Waals surface area contributed by atoms with Gasteiger partial charge in [-0.1, -0.05) is 0 Å². The molecule has 0 bridgehead atoms. The van der Waals surface area contributed by atoms with Crippen LogP contribution in [0.5, 0.6) is 0 Å². The molecule has 1 aromatic heterocycles. The van der Waals surface area contributed by atoms with E-state index in [4.69, 9.17) is 5.73 Å². The van der Waals surface area contributed by atoms with Crippen molar-refractivity contribution < 1.29 is 0 Å². The third-order valence-electron chi connectivity index (χ3n) is 3.10. The van der Waals surface area contributed by atoms with E-state index in [2.05, 4.69) is 16.9 Å². The predicted octanol–water partition coefficient (Wildman–Crippen LogP) is -0.346. The zero-order valence-corrected chi connectivity index (χ0v) is 9.59. The van der Waals surface area contributed by atoms with Gasteiger partial charge in [-0.3, -0.25) is 4.79 Å². The summed E-state index contributed by atoms with van der Waals surface area (Å²) < 4.78 is 1.98. The topological polar surface area (TPSA) is 64.2 Å². The second-order valence-corrected chi connectivity index (χ2v) is 4.52. The van der Waals surface area contributed by atoms with Crippen molar-refractivity contribution in [2.75, 3.05) is 20.1 Å². The maximum absolute atomic E-state index is 11.3. The predicted molar refractivity (Wildman–Crippen MR) is 62.0 cm³/mol. The van der Waals surface area contributed by atoms with Gasteiger partial charge in [0.2, 0.25) is 0 Å². The van der Waals surface area contributed by atoms with E-state index >= 15 is 0 Å². The van der Waals surface area contributed by atoms with Crippen LogP contribution < -0.4 is 11.3 Å². The summed E-state index contributed by atoms with van der Waals surface area (Å²) in [7, 11) is 2.13. The van der Waals surface area contributed by atoms with Crippen molar-refractivity contribution in [3.63, 3.8) is 0 Å². The summed E-state index contributed by atoms with van der Waals surface area (Å²) in [6, 6.07) is 0. The highest BCUT2D eigenvalue weighted by atomic mass is 16.1. The Morgan fingerprint density at radius 2 is 2.44 bits per heavy atom. The summed E-state index contributed by atoms with van der Waals surface area (Å²) >= 11 is 0. The van der Waals surface area contributed by atoms with E-state index < -0.39 is 0 Å². The second-order valence-electron chi connectivity index (χ2n) is 4.52. The standard InChI is InChI=1S/C11H18N4O/c1-14-3-2-9(5-14)6-15-7-10(4-12)11(16)13-8-15/h7-9H,2-6,12H2,1H3. The van der Waals surface area contributed by atoms with Crippen molar-refractivity contribution in [3.05, 3.63) is 28.4 Å². The third-order valence-corrected chi connectivity index (χ3v) is 3.10. The fourth-order valence-corrected chi connectivity index (χ4v) is 2.21. The largest absolute Gasteiger partial charge is 0.338 e. The van der Waals surface area contributed by atoms with Gasteiger partial charge in [0, 0.05) is 31.4 Å². The molecule has 1 aromatic rings. The Morgan fingerprint density at radius 1 is 1.62 bits per heavy atom. The Balaban J connectivity index is 2.07. The van der Waals surface area contributed by atoms with E-state index in [-0.39, 0.29) is 12.1 Å². The molecule has 2 N–H and O–H groups in total. The van der Waals surface area contributed by atoms with Crippen molar-refractivity contribution in [1.29, 1.82) is 0 Å². The summed E-state index contributed by atoms with van der Waals surface area (Å²) in [5.74, 6) is 0.653. The van der Waals surface area contributed by atoms with Crippen LogP contribution in [0.4, 0.5) is 0 Å². The van der Waals surface area contributed by atoms with E-state index in [1.807, 2.05) is 10.8 Å². The molecule has 88 valence electrons. The molecule has 0 amide bonds. The van der Waals surface area contributed by atoms with Crippen LogP contribution in [0.2, 0.25) is 0 Å². The Morgan fingerprint density at radius 3 is 3.06 bits per heavy atom. The Labute approximate surface area is 94.9 Å². The van der Waals surface area contributed by atoms with Gasteiger partial charge in [0.05, 0.1) is 6.33 Å². The van der Waals surface area contributed by atoms with Gasteiger partial charge in [-0.25, -0.2) is 0 Å². The quantitative estimate of drug-likeness (QED) is 0.759. The van der Waals surface area contributed by atoms with Crippen molar-refractivity contribution in [3.8, 4) is 0 Å². The average molecular weight is 222 g/mol. The molecule has 1 fully saturated rings. The Kier molecular flexibility index (Phi) is 3.36. The highest BCUT2D eigenvalue weighted by Gasteiger charge is 2.19. The van der Waals surface area contributed by atoms with E-state index in [0.717, 1.165) is 19.6 Å². The molecule has 1 aliphatic heterocycles. The van der Waals surface area contributed by atoms with Crippen LogP contribution in [0.15, 0.2) is 17.3 Å². The van der Waals surface area contributed by atoms with Gasteiger partial charge in [-0.2, -0.15) is 4.98 Å². The minimum Gasteiger partial charge on any atom is -0.338 e. The first-order chi connectivity index (χ1) is 7.69. The maximum atomic E-state index is 11.3. The molecule has 5 nitrogen and oxygen atoms in total. The van der Waals surface area contributed by atoms with E-state index in [1.54, 1.807) is 6.33 Å². The molecule has 1 saturated heterocycles. The van der Waals surface area contributed by atoms with Crippen LogP contribution in [0.1, 0.15) is 12.0 Å². The molecule has 0 radical (unpaired) electrons. The molecule has 2 rings (SSSR count). The summed E-state index contributed by atoms with van der Waals surface area (Å²) in [6.07, 6.45) is 4.65. The van der Waals surface area contributed by atoms with Crippen LogP contribution in [0, 0.1) is 5.92 Å². The second kappa shape index (κ2) is 4.76. The third kappa shape index (κ3) is 2.48. The molecule has 2 heterocycles. The van der Waals surface area contributed by atoms with Crippen LogP contribution in [0.25, 0.3) is 0 Å². The van der Waals surface area contributed by atoms with Crippen LogP contribution in [-0.2, 0) is 13.1 Å². The van der Waals surface area contributed by atoms with Gasteiger partial charge >= 0.3 is 0 Å². The lowest BCUT2D eigenvalue weighted by Crippen LogP contribution is -2.22. The van der Waals surface area contributed by atoms with Gasteiger partial charge in [0.25, 0.3) is 5.56 Å². The summed E-state index contributed by atoms with van der Waals surface area (Å²) in [6.45, 7) is 3.45. The number of hydrogen-bond donors (Lipinski definition) is 1. The van der Waals surface area contributed by atoms with Crippen molar-refractivity contribution in [1.82, 2.24) is 14.5 Å². The lowest BCUT2D eigenvalue weighted by Gasteiger charge is -2.13. The van der Waals surface area contributed by atoms with Gasteiger partial charge in [-0.05, 0) is 25.9 Å². The smallest absolute Gasteiger partial charge is 0.277 e. The fraction of sp³-hybridized carbons (Fsp3) is 0.636. The summed E-state index contributed by atoms with van der Waals surface area (Å²) in [4.78, 5) is 17.4. The van der Waals surface area contributed by atoms with Crippen molar-refractivity contribution >= 4 is 0 Å². The number of likely N-dealkylation sites (tertiary alicyclic amines) is 1. The van der Waals surface area contributed by atoms with Crippen molar-refractivity contribution in [2.45, 2.75) is 19.5 Å².